The third kappa shape index (κ3) is 4.46. The first-order chi connectivity index (χ1) is 17.0. The normalized spacial score (nSPS) is 19.0. The van der Waals surface area contributed by atoms with Gasteiger partial charge in [0.25, 0.3) is 0 Å². The average molecular weight is 510 g/mol. The van der Waals surface area contributed by atoms with Crippen molar-refractivity contribution >= 4 is 50.7 Å². The lowest BCUT2D eigenvalue weighted by Crippen LogP contribution is -2.34. The molecule has 1 atom stereocenters. The highest BCUT2D eigenvalue weighted by Gasteiger charge is 2.24. The van der Waals surface area contributed by atoms with E-state index in [1.807, 2.05) is 18.5 Å². The van der Waals surface area contributed by atoms with Gasteiger partial charge in [0, 0.05) is 11.7 Å². The molecular weight excluding hydrogens is 482 g/mol. The van der Waals surface area contributed by atoms with Crippen LogP contribution >= 0.6 is 22.9 Å². The smallest absolute Gasteiger partial charge is 0.248 e. The molecule has 4 aromatic rings. The zero-order valence-corrected chi connectivity index (χ0v) is 21.2. The number of hydrogen-bond acceptors (Lipinski definition) is 9. The van der Waals surface area contributed by atoms with Crippen molar-refractivity contribution in [2.75, 3.05) is 24.1 Å². The molecule has 5 heterocycles. The molecule has 6 rings (SSSR count). The fourth-order valence-corrected chi connectivity index (χ4v) is 6.42. The largest absolute Gasteiger partial charge is 0.368 e. The molecule has 0 spiro atoms. The van der Waals surface area contributed by atoms with Crippen molar-refractivity contribution in [3.05, 3.63) is 39.7 Å². The fraction of sp³-hybridized carbons (Fsp3) is 0.458. The van der Waals surface area contributed by atoms with Gasteiger partial charge in [-0.25, -0.2) is 4.98 Å². The highest BCUT2D eigenvalue weighted by Crippen LogP contribution is 2.31. The van der Waals surface area contributed by atoms with Crippen LogP contribution in [0.5, 0.6) is 0 Å². The molecule has 11 heteroatoms. The zero-order valence-electron chi connectivity index (χ0n) is 19.7. The van der Waals surface area contributed by atoms with Gasteiger partial charge in [-0.2, -0.15) is 14.6 Å². The SMILES string of the molecule is Cc1csc2c(-n3nc(Nc4cnc5c(c4)CCC(N4CCCC4)CCC5)nc3N)nc(Cl)nc12. The molecule has 0 aromatic carbocycles. The van der Waals surface area contributed by atoms with E-state index in [1.165, 1.54) is 72.5 Å². The number of aryl methyl sites for hydroxylation is 3. The maximum absolute atomic E-state index is 6.23. The number of halogens is 1. The second-order valence-corrected chi connectivity index (χ2v) is 10.6. The van der Waals surface area contributed by atoms with Crippen LogP contribution in [0.2, 0.25) is 5.28 Å². The monoisotopic (exact) mass is 509 g/mol. The van der Waals surface area contributed by atoms with E-state index in [0.29, 0.717) is 17.8 Å². The average Bonchev–Trinajstić information content (AvgIpc) is 3.56. The van der Waals surface area contributed by atoms with Crippen molar-refractivity contribution < 1.29 is 0 Å². The Hall–Kier alpha value is -2.82. The summed E-state index contributed by atoms with van der Waals surface area (Å²) in [5, 5.41) is 10.0. The quantitative estimate of drug-likeness (QED) is 0.381. The molecule has 1 fully saturated rings. The van der Waals surface area contributed by atoms with Crippen LogP contribution < -0.4 is 11.1 Å². The maximum Gasteiger partial charge on any atom is 0.248 e. The van der Waals surface area contributed by atoms with Crippen molar-refractivity contribution in [2.45, 2.75) is 57.9 Å². The Bertz CT molecular complexity index is 1380. The summed E-state index contributed by atoms with van der Waals surface area (Å²) in [5.41, 5.74) is 11.4. The third-order valence-electron chi connectivity index (χ3n) is 7.05. The number of anilines is 3. The first-order valence-corrected chi connectivity index (χ1v) is 13.4. The minimum absolute atomic E-state index is 0.150. The van der Waals surface area contributed by atoms with Gasteiger partial charge in [-0.05, 0) is 99.1 Å². The molecule has 0 saturated carbocycles. The Morgan fingerprint density at radius 3 is 2.83 bits per heavy atom. The summed E-state index contributed by atoms with van der Waals surface area (Å²) < 4.78 is 2.38. The summed E-state index contributed by atoms with van der Waals surface area (Å²) in [6, 6.07) is 2.88. The molecule has 0 radical (unpaired) electrons. The zero-order chi connectivity index (χ0) is 23.9. The van der Waals surface area contributed by atoms with Crippen molar-refractivity contribution in [1.82, 2.24) is 34.6 Å². The Balaban J connectivity index is 1.25. The molecule has 2 aliphatic rings. The van der Waals surface area contributed by atoms with Crippen LogP contribution in [0, 0.1) is 6.92 Å². The van der Waals surface area contributed by atoms with E-state index in [1.54, 1.807) is 0 Å². The molecule has 1 unspecified atom stereocenters. The van der Waals surface area contributed by atoms with E-state index < -0.39 is 0 Å². The topological polar surface area (TPSA) is 111 Å². The Labute approximate surface area is 212 Å². The highest BCUT2D eigenvalue weighted by molar-refractivity contribution is 7.17. The van der Waals surface area contributed by atoms with Crippen molar-refractivity contribution in [3.63, 3.8) is 0 Å². The maximum atomic E-state index is 6.23. The van der Waals surface area contributed by atoms with E-state index in [-0.39, 0.29) is 11.2 Å². The first-order valence-electron chi connectivity index (χ1n) is 12.2. The molecule has 35 heavy (non-hydrogen) atoms. The number of nitrogens with two attached hydrogens (primary N) is 1. The number of thiophene rings is 1. The van der Waals surface area contributed by atoms with Crippen LogP contribution in [0.25, 0.3) is 16.0 Å². The molecule has 3 N–H and O–H groups in total. The van der Waals surface area contributed by atoms with E-state index >= 15 is 0 Å². The fourth-order valence-electron chi connectivity index (χ4n) is 5.29. The molecular formula is C24H28ClN9S. The lowest BCUT2D eigenvalue weighted by atomic mass is 9.93. The van der Waals surface area contributed by atoms with Crippen LogP contribution in [0.1, 0.15) is 48.9 Å². The van der Waals surface area contributed by atoms with Crippen LogP contribution in [0.3, 0.4) is 0 Å². The number of hydrogen-bond donors (Lipinski definition) is 2. The first kappa shape index (κ1) is 22.6. The molecule has 1 aliphatic carbocycles. The van der Waals surface area contributed by atoms with E-state index in [4.69, 9.17) is 22.3 Å². The summed E-state index contributed by atoms with van der Waals surface area (Å²) in [5.74, 6) is 1.14. The number of likely N-dealkylation sites (tertiary alicyclic amines) is 1. The van der Waals surface area contributed by atoms with E-state index in [2.05, 4.69) is 36.3 Å². The Morgan fingerprint density at radius 1 is 1.11 bits per heavy atom. The van der Waals surface area contributed by atoms with Gasteiger partial charge in [0.2, 0.25) is 17.2 Å². The Morgan fingerprint density at radius 2 is 1.97 bits per heavy atom. The van der Waals surface area contributed by atoms with Gasteiger partial charge in [-0.15, -0.1) is 16.4 Å². The molecule has 4 aromatic heterocycles. The summed E-state index contributed by atoms with van der Waals surface area (Å²) in [6.45, 7) is 4.49. The van der Waals surface area contributed by atoms with Crippen LogP contribution in [0.15, 0.2) is 17.6 Å². The number of fused-ring (bicyclic) bond motifs is 2. The Kier molecular flexibility index (Phi) is 6.03. The number of rotatable bonds is 4. The summed E-state index contributed by atoms with van der Waals surface area (Å²) >= 11 is 7.72. The molecule has 1 saturated heterocycles. The summed E-state index contributed by atoms with van der Waals surface area (Å²) in [4.78, 5) is 20.6. The lowest BCUT2D eigenvalue weighted by molar-refractivity contribution is 0.213. The van der Waals surface area contributed by atoms with Gasteiger partial charge >= 0.3 is 0 Å². The predicted molar refractivity (Wildman–Crippen MR) is 140 cm³/mol. The van der Waals surface area contributed by atoms with Gasteiger partial charge < -0.3 is 16.0 Å². The molecule has 0 amide bonds. The van der Waals surface area contributed by atoms with Crippen molar-refractivity contribution in [3.8, 4) is 5.82 Å². The van der Waals surface area contributed by atoms with Crippen molar-refractivity contribution in [2.24, 2.45) is 0 Å². The number of nitrogens with one attached hydrogen (secondary N) is 1. The van der Waals surface area contributed by atoms with E-state index in [9.17, 15) is 0 Å². The summed E-state index contributed by atoms with van der Waals surface area (Å²) in [6.07, 6.45) is 10.2. The minimum atomic E-state index is 0.150. The number of aromatic nitrogens is 6. The molecule has 0 bridgehead atoms. The van der Waals surface area contributed by atoms with E-state index in [0.717, 1.165) is 34.3 Å². The number of nitrogens with zero attached hydrogens (tertiary/aromatic N) is 7. The standard InChI is InChI=1S/C24H28ClN9S/c1-14-13-35-20-19(14)29-22(25)30-21(20)34-23(26)31-24(32-34)28-16-11-15-7-8-17(33-9-2-3-10-33)5-4-6-18(15)27-12-16/h11-13,17H,2-10H2,1H3,(H3,26,28,31,32). The van der Waals surface area contributed by atoms with Crippen LogP contribution in [-0.2, 0) is 12.8 Å². The molecule has 9 nitrogen and oxygen atoms in total. The lowest BCUT2D eigenvalue weighted by Gasteiger charge is -2.29. The highest BCUT2D eigenvalue weighted by atomic mass is 35.5. The van der Waals surface area contributed by atoms with Gasteiger partial charge in [0.15, 0.2) is 5.82 Å². The van der Waals surface area contributed by atoms with Crippen LogP contribution in [-0.4, -0.2) is 53.7 Å². The van der Waals surface area contributed by atoms with Crippen LogP contribution in [0.4, 0.5) is 17.6 Å². The molecule has 1 aliphatic heterocycles. The number of nitrogen functional groups attached to an aromatic ring is 1. The molecule has 182 valence electrons. The third-order valence-corrected chi connectivity index (χ3v) is 8.30. The second kappa shape index (κ2) is 9.33. The number of pyridine rings is 1. The van der Waals surface area contributed by atoms with Gasteiger partial charge in [0.1, 0.15) is 0 Å². The van der Waals surface area contributed by atoms with Gasteiger partial charge in [-0.1, -0.05) is 0 Å². The predicted octanol–water partition coefficient (Wildman–Crippen LogP) is 4.69. The minimum Gasteiger partial charge on any atom is -0.368 e. The second-order valence-electron chi connectivity index (χ2n) is 9.40. The summed E-state index contributed by atoms with van der Waals surface area (Å²) in [7, 11) is 0. The van der Waals surface area contributed by atoms with Gasteiger partial charge in [-0.3, -0.25) is 4.98 Å². The van der Waals surface area contributed by atoms with Gasteiger partial charge in [0.05, 0.1) is 22.1 Å². The van der Waals surface area contributed by atoms with Crippen molar-refractivity contribution in [1.29, 1.82) is 0 Å².